The minimum absolute atomic E-state index is 0.390. The highest BCUT2D eigenvalue weighted by Gasteiger charge is 2.36. The summed E-state index contributed by atoms with van der Waals surface area (Å²) in [5.74, 6) is 0. The largest absolute Gasteiger partial charge is 0.352 e. The van der Waals surface area contributed by atoms with Crippen molar-refractivity contribution in [3.05, 3.63) is 11.5 Å². The summed E-state index contributed by atoms with van der Waals surface area (Å²) in [6.45, 7) is 14.5. The van der Waals surface area contributed by atoms with Gasteiger partial charge in [-0.15, -0.1) is 0 Å². The van der Waals surface area contributed by atoms with Crippen LogP contribution in [0.2, 0.25) is 19.6 Å². The zero-order valence-corrected chi connectivity index (χ0v) is 11.7. The first kappa shape index (κ1) is 14.1. The van der Waals surface area contributed by atoms with Gasteiger partial charge in [-0.2, -0.15) is 0 Å². The molecule has 3 nitrogen and oxygen atoms in total. The lowest BCUT2D eigenvalue weighted by atomic mass is 10.9. The first-order valence-electron chi connectivity index (χ1n) is 4.87. The average Bonchev–Trinajstić information content (AvgIpc) is 2.02. The molecule has 0 aromatic heterocycles. The molecule has 0 amide bonds. The van der Waals surface area contributed by atoms with Gasteiger partial charge in [-0.1, -0.05) is 26.2 Å². The quantitative estimate of drug-likeness (QED) is 0.521. The van der Waals surface area contributed by atoms with Crippen molar-refractivity contribution in [3.63, 3.8) is 0 Å². The van der Waals surface area contributed by atoms with Crippen LogP contribution in [0.25, 0.3) is 0 Å². The average molecular weight is 236 g/mol. The Morgan fingerprint density at radius 2 is 1.57 bits per heavy atom. The van der Waals surface area contributed by atoms with E-state index < -0.39 is 15.7 Å². The standard InChI is InChI=1S/C9H21O3PSi/c1-7-11-13(10,12-8-2)9(3)14(4,5)6/h3,7-8H2,1-2,4-6H3. The summed E-state index contributed by atoms with van der Waals surface area (Å²) in [5.41, 5.74) is 0. The van der Waals surface area contributed by atoms with Crippen LogP contribution in [-0.2, 0) is 13.6 Å². The van der Waals surface area contributed by atoms with Crippen LogP contribution >= 0.6 is 7.60 Å². The SMILES string of the molecule is C=C([Si](C)(C)C)P(=O)(OCC)OCC. The lowest BCUT2D eigenvalue weighted by Crippen LogP contribution is -2.24. The molecule has 0 aliphatic carbocycles. The number of hydrogen-bond acceptors (Lipinski definition) is 3. The maximum Gasteiger partial charge on any atom is 0.352 e. The zero-order valence-electron chi connectivity index (χ0n) is 9.79. The van der Waals surface area contributed by atoms with Gasteiger partial charge in [0.25, 0.3) is 0 Å². The molecule has 0 aromatic rings. The Morgan fingerprint density at radius 3 is 1.79 bits per heavy atom. The Kier molecular flexibility index (Phi) is 5.30. The first-order valence-corrected chi connectivity index (χ1v) is 9.91. The highest BCUT2D eigenvalue weighted by atomic mass is 31.2. The Bertz CT molecular complexity index is 235. The Balaban J connectivity index is 4.83. The van der Waals surface area contributed by atoms with E-state index >= 15 is 0 Å². The number of hydrogen-bond donors (Lipinski definition) is 0. The smallest absolute Gasteiger partial charge is 0.306 e. The molecule has 0 aliphatic heterocycles. The van der Waals surface area contributed by atoms with E-state index in [0.29, 0.717) is 18.2 Å². The van der Waals surface area contributed by atoms with E-state index in [9.17, 15) is 4.57 Å². The van der Waals surface area contributed by atoms with Crippen molar-refractivity contribution in [3.8, 4) is 0 Å². The fourth-order valence-electron chi connectivity index (χ4n) is 0.944. The predicted molar refractivity (Wildman–Crippen MR) is 63.3 cm³/mol. The molecule has 0 fully saturated rings. The molecule has 0 atom stereocenters. The second-order valence-corrected chi connectivity index (χ2v) is 11.6. The molecule has 5 heteroatoms. The maximum absolute atomic E-state index is 12.3. The lowest BCUT2D eigenvalue weighted by molar-refractivity contribution is 0.228. The topological polar surface area (TPSA) is 35.5 Å². The van der Waals surface area contributed by atoms with E-state index in [1.165, 1.54) is 0 Å². The van der Waals surface area contributed by atoms with Crippen molar-refractivity contribution in [1.29, 1.82) is 0 Å². The van der Waals surface area contributed by atoms with Crippen molar-refractivity contribution in [2.45, 2.75) is 33.5 Å². The van der Waals surface area contributed by atoms with Crippen molar-refractivity contribution in [1.82, 2.24) is 0 Å². The maximum atomic E-state index is 12.3. The van der Waals surface area contributed by atoms with Crippen LogP contribution in [0.4, 0.5) is 0 Å². The molecule has 0 aromatic carbocycles. The zero-order chi connectivity index (χ0) is 11.4. The van der Waals surface area contributed by atoms with Gasteiger partial charge < -0.3 is 9.05 Å². The molecule has 14 heavy (non-hydrogen) atoms. The van der Waals surface area contributed by atoms with Crippen LogP contribution in [0.5, 0.6) is 0 Å². The fourth-order valence-corrected chi connectivity index (χ4v) is 5.68. The summed E-state index contributed by atoms with van der Waals surface area (Å²) >= 11 is 0. The van der Waals surface area contributed by atoms with Crippen LogP contribution in [0.1, 0.15) is 13.8 Å². The van der Waals surface area contributed by atoms with Gasteiger partial charge in [-0.25, -0.2) is 0 Å². The van der Waals surface area contributed by atoms with Gasteiger partial charge in [0, 0.05) is 4.94 Å². The summed E-state index contributed by atoms with van der Waals surface area (Å²) in [6.07, 6.45) is 0. The molecule has 0 heterocycles. The van der Waals surface area contributed by atoms with Crippen LogP contribution in [0.3, 0.4) is 0 Å². The number of rotatable bonds is 6. The highest BCUT2D eigenvalue weighted by molar-refractivity contribution is 7.62. The van der Waals surface area contributed by atoms with Gasteiger partial charge in [0.2, 0.25) is 0 Å². The molecule has 0 radical (unpaired) electrons. The van der Waals surface area contributed by atoms with E-state index in [-0.39, 0.29) is 0 Å². The van der Waals surface area contributed by atoms with Crippen molar-refractivity contribution in [2.75, 3.05) is 13.2 Å². The normalized spacial score (nSPS) is 12.9. The van der Waals surface area contributed by atoms with Gasteiger partial charge in [0.1, 0.15) is 0 Å². The van der Waals surface area contributed by atoms with Crippen LogP contribution in [0.15, 0.2) is 11.5 Å². The molecule has 0 aliphatic rings. The van der Waals surface area contributed by atoms with Gasteiger partial charge in [0.15, 0.2) is 0 Å². The van der Waals surface area contributed by atoms with Gasteiger partial charge in [-0.05, 0) is 13.8 Å². The second-order valence-electron chi connectivity index (χ2n) is 4.03. The molecular formula is C9H21O3PSi. The molecular weight excluding hydrogens is 215 g/mol. The van der Waals surface area contributed by atoms with E-state index in [2.05, 4.69) is 26.2 Å². The van der Waals surface area contributed by atoms with E-state index in [1.807, 2.05) is 13.8 Å². The monoisotopic (exact) mass is 236 g/mol. The second kappa shape index (κ2) is 5.26. The molecule has 0 saturated heterocycles. The van der Waals surface area contributed by atoms with Crippen molar-refractivity contribution < 1.29 is 13.6 Å². The fraction of sp³-hybridized carbons (Fsp3) is 0.778. The summed E-state index contributed by atoms with van der Waals surface area (Å²) < 4.78 is 22.7. The van der Waals surface area contributed by atoms with Gasteiger partial charge >= 0.3 is 7.60 Å². The minimum Gasteiger partial charge on any atom is -0.306 e. The Morgan fingerprint density at radius 1 is 1.21 bits per heavy atom. The molecule has 0 spiro atoms. The first-order chi connectivity index (χ1) is 6.28. The van der Waals surface area contributed by atoms with E-state index in [0.717, 1.165) is 0 Å². The molecule has 0 unspecified atom stereocenters. The third-order valence-electron chi connectivity index (χ3n) is 1.79. The predicted octanol–water partition coefficient (Wildman–Crippen LogP) is 3.64. The van der Waals surface area contributed by atoms with Crippen LogP contribution in [0, 0.1) is 0 Å². The summed E-state index contributed by atoms with van der Waals surface area (Å²) in [4.78, 5) is 0.675. The summed E-state index contributed by atoms with van der Waals surface area (Å²) in [7, 11) is -4.74. The molecule has 84 valence electrons. The van der Waals surface area contributed by atoms with E-state index in [1.54, 1.807) is 0 Å². The van der Waals surface area contributed by atoms with Crippen LogP contribution < -0.4 is 0 Å². The Labute approximate surface area is 88.0 Å². The summed E-state index contributed by atoms with van der Waals surface area (Å²) in [6, 6.07) is 0. The molecule has 0 rings (SSSR count). The van der Waals surface area contributed by atoms with E-state index in [4.69, 9.17) is 9.05 Å². The van der Waals surface area contributed by atoms with Crippen molar-refractivity contribution in [2.24, 2.45) is 0 Å². The molecule has 0 bridgehead atoms. The minimum atomic E-state index is -3.06. The van der Waals surface area contributed by atoms with Gasteiger partial charge in [-0.3, -0.25) is 4.57 Å². The van der Waals surface area contributed by atoms with Gasteiger partial charge in [0.05, 0.1) is 21.3 Å². The Hall–Kier alpha value is 0.107. The third-order valence-corrected chi connectivity index (χ3v) is 8.22. The summed E-state index contributed by atoms with van der Waals surface area (Å²) in [5, 5.41) is 0. The molecule has 0 N–H and O–H groups in total. The lowest BCUT2D eigenvalue weighted by Gasteiger charge is -2.26. The van der Waals surface area contributed by atoms with Crippen LogP contribution in [-0.4, -0.2) is 21.3 Å². The third kappa shape index (κ3) is 3.69. The highest BCUT2D eigenvalue weighted by Crippen LogP contribution is 2.58. The molecule has 0 saturated carbocycles. The van der Waals surface area contributed by atoms with Crippen molar-refractivity contribution >= 4 is 15.7 Å².